The summed E-state index contributed by atoms with van der Waals surface area (Å²) in [4.78, 5) is 12.6. The van der Waals surface area contributed by atoms with Crippen molar-refractivity contribution in [3.05, 3.63) is 12.7 Å². The lowest BCUT2D eigenvalue weighted by atomic mass is 10.5. The molecule has 0 rings (SSSR count). The number of rotatable bonds is 5. The summed E-state index contributed by atoms with van der Waals surface area (Å²) in [7, 11) is 1.72. The van der Waals surface area contributed by atoms with Crippen LogP contribution in [0.15, 0.2) is 12.7 Å². The lowest BCUT2D eigenvalue weighted by Gasteiger charge is -2.10. The minimum absolute atomic E-state index is 0.0901. The molecule has 0 aromatic rings. The van der Waals surface area contributed by atoms with Gasteiger partial charge in [0.2, 0.25) is 5.91 Å². The number of hydrogen-bond donors (Lipinski definition) is 1. The van der Waals surface area contributed by atoms with Gasteiger partial charge in [0.15, 0.2) is 0 Å². The molecule has 0 aromatic heterocycles. The van der Waals surface area contributed by atoms with Crippen LogP contribution in [0.3, 0.4) is 0 Å². The monoisotopic (exact) mass is 167 g/mol. The quantitative estimate of drug-likeness (QED) is 0.453. The number of carbonyl (C=O) groups is 1. The van der Waals surface area contributed by atoms with Gasteiger partial charge in [0, 0.05) is 6.54 Å². The summed E-state index contributed by atoms with van der Waals surface area (Å²) in [5.41, 5.74) is 0. The first-order chi connectivity index (χ1) is 5.70. The molecule has 12 heavy (non-hydrogen) atoms. The van der Waals surface area contributed by atoms with Crippen molar-refractivity contribution in [1.29, 1.82) is 5.26 Å². The van der Waals surface area contributed by atoms with Gasteiger partial charge < -0.3 is 5.32 Å². The highest BCUT2D eigenvalue weighted by Gasteiger charge is 2.03. The normalized spacial score (nSPS) is 9.08. The van der Waals surface area contributed by atoms with E-state index in [0.717, 1.165) is 0 Å². The van der Waals surface area contributed by atoms with Crippen molar-refractivity contribution in [2.75, 3.05) is 26.7 Å². The van der Waals surface area contributed by atoms with Crippen molar-refractivity contribution >= 4 is 5.91 Å². The van der Waals surface area contributed by atoms with Crippen LogP contribution in [0.2, 0.25) is 0 Å². The van der Waals surface area contributed by atoms with Crippen LogP contribution in [0.25, 0.3) is 0 Å². The van der Waals surface area contributed by atoms with Crippen molar-refractivity contribution in [2.24, 2.45) is 0 Å². The predicted molar refractivity (Wildman–Crippen MR) is 46.3 cm³/mol. The fraction of sp³-hybridized carbons (Fsp3) is 0.500. The van der Waals surface area contributed by atoms with Gasteiger partial charge in [-0.15, -0.1) is 6.58 Å². The molecule has 0 saturated carbocycles. The first-order valence-electron chi connectivity index (χ1n) is 3.63. The Morgan fingerprint density at radius 1 is 1.83 bits per heavy atom. The Labute approximate surface area is 72.5 Å². The van der Waals surface area contributed by atoms with Crippen molar-refractivity contribution in [3.8, 4) is 6.07 Å². The van der Waals surface area contributed by atoms with Gasteiger partial charge in [-0.1, -0.05) is 6.08 Å². The first kappa shape index (κ1) is 10.7. The third-order valence-corrected chi connectivity index (χ3v) is 1.20. The van der Waals surface area contributed by atoms with Gasteiger partial charge >= 0.3 is 0 Å². The molecule has 0 aromatic carbocycles. The van der Waals surface area contributed by atoms with Crippen LogP contribution >= 0.6 is 0 Å². The maximum Gasteiger partial charge on any atom is 0.234 e. The van der Waals surface area contributed by atoms with Crippen LogP contribution in [-0.2, 0) is 4.79 Å². The van der Waals surface area contributed by atoms with Crippen LogP contribution in [0.5, 0.6) is 0 Å². The topological polar surface area (TPSA) is 56.1 Å². The second-order valence-electron chi connectivity index (χ2n) is 2.42. The number of hydrogen-bond acceptors (Lipinski definition) is 3. The van der Waals surface area contributed by atoms with E-state index in [9.17, 15) is 4.79 Å². The lowest BCUT2D eigenvalue weighted by Crippen LogP contribution is -2.35. The van der Waals surface area contributed by atoms with Gasteiger partial charge in [-0.3, -0.25) is 9.69 Å². The number of nitriles is 1. The Bertz CT molecular complexity index is 195. The van der Waals surface area contributed by atoms with E-state index in [1.54, 1.807) is 18.0 Å². The highest BCUT2D eigenvalue weighted by molar-refractivity contribution is 5.78. The van der Waals surface area contributed by atoms with Crippen molar-refractivity contribution in [3.63, 3.8) is 0 Å². The fourth-order valence-corrected chi connectivity index (χ4v) is 0.664. The Kier molecular flexibility index (Phi) is 5.66. The van der Waals surface area contributed by atoms with E-state index in [0.29, 0.717) is 6.54 Å². The Morgan fingerprint density at radius 2 is 2.50 bits per heavy atom. The van der Waals surface area contributed by atoms with Crippen molar-refractivity contribution in [1.82, 2.24) is 10.2 Å². The van der Waals surface area contributed by atoms with E-state index in [1.807, 2.05) is 6.07 Å². The highest BCUT2D eigenvalue weighted by Crippen LogP contribution is 1.79. The summed E-state index contributed by atoms with van der Waals surface area (Å²) in [6.45, 7) is 4.46. The second-order valence-corrected chi connectivity index (χ2v) is 2.42. The summed E-state index contributed by atoms with van der Waals surface area (Å²) in [6, 6.07) is 1.95. The van der Waals surface area contributed by atoms with Crippen molar-refractivity contribution in [2.45, 2.75) is 0 Å². The third kappa shape index (κ3) is 5.45. The average molecular weight is 167 g/mol. The van der Waals surface area contributed by atoms with Gasteiger partial charge in [-0.2, -0.15) is 5.26 Å². The van der Waals surface area contributed by atoms with Gasteiger partial charge in [-0.05, 0) is 7.05 Å². The molecule has 66 valence electrons. The highest BCUT2D eigenvalue weighted by atomic mass is 16.1. The van der Waals surface area contributed by atoms with Crippen LogP contribution in [-0.4, -0.2) is 37.5 Å². The molecule has 0 radical (unpaired) electrons. The predicted octanol–water partition coefficient (Wildman–Crippen LogP) is -0.256. The maximum atomic E-state index is 11.0. The SMILES string of the molecule is C=CCNC(=O)CN(C)CC#N. The van der Waals surface area contributed by atoms with Crippen LogP contribution in [0.4, 0.5) is 0 Å². The van der Waals surface area contributed by atoms with E-state index < -0.39 is 0 Å². The number of likely N-dealkylation sites (N-methyl/N-ethyl adjacent to an activating group) is 1. The number of carbonyl (C=O) groups excluding carboxylic acids is 1. The fourth-order valence-electron chi connectivity index (χ4n) is 0.664. The molecule has 0 bridgehead atoms. The molecule has 0 unspecified atom stereocenters. The molecule has 0 fully saturated rings. The molecule has 1 amide bonds. The van der Waals surface area contributed by atoms with Crippen molar-refractivity contribution < 1.29 is 4.79 Å². The van der Waals surface area contributed by atoms with E-state index in [4.69, 9.17) is 5.26 Å². The molecule has 0 aliphatic carbocycles. The molecule has 0 spiro atoms. The van der Waals surface area contributed by atoms with Gasteiger partial charge in [-0.25, -0.2) is 0 Å². The zero-order chi connectivity index (χ0) is 9.40. The molecule has 0 atom stereocenters. The molecule has 0 aliphatic heterocycles. The van der Waals surface area contributed by atoms with Gasteiger partial charge in [0.05, 0.1) is 19.2 Å². The van der Waals surface area contributed by atoms with E-state index in [-0.39, 0.29) is 19.0 Å². The molecule has 0 heterocycles. The largest absolute Gasteiger partial charge is 0.352 e. The zero-order valence-electron chi connectivity index (χ0n) is 7.21. The first-order valence-corrected chi connectivity index (χ1v) is 3.63. The summed E-state index contributed by atoms with van der Waals surface area (Å²) in [5, 5.41) is 10.9. The standard InChI is InChI=1S/C8H13N3O/c1-3-5-10-8(12)7-11(2)6-4-9/h3H,1,5-7H2,2H3,(H,10,12). The number of amides is 1. The lowest BCUT2D eigenvalue weighted by molar-refractivity contribution is -0.121. The molecular formula is C8H13N3O. The van der Waals surface area contributed by atoms with Gasteiger partial charge in [0.1, 0.15) is 0 Å². The Balaban J connectivity index is 3.55. The maximum absolute atomic E-state index is 11.0. The third-order valence-electron chi connectivity index (χ3n) is 1.20. The summed E-state index contributed by atoms with van der Waals surface area (Å²) < 4.78 is 0. The average Bonchev–Trinajstić information content (AvgIpc) is 2.01. The Morgan fingerprint density at radius 3 is 3.00 bits per heavy atom. The minimum atomic E-state index is -0.0901. The summed E-state index contributed by atoms with van der Waals surface area (Å²) in [5.74, 6) is -0.0901. The smallest absolute Gasteiger partial charge is 0.234 e. The molecule has 4 nitrogen and oxygen atoms in total. The zero-order valence-corrected chi connectivity index (χ0v) is 7.21. The molecule has 4 heteroatoms. The van der Waals surface area contributed by atoms with Gasteiger partial charge in [0.25, 0.3) is 0 Å². The van der Waals surface area contributed by atoms with E-state index in [1.165, 1.54) is 0 Å². The summed E-state index contributed by atoms with van der Waals surface area (Å²) >= 11 is 0. The molecular weight excluding hydrogens is 154 g/mol. The molecule has 0 saturated heterocycles. The number of nitrogens with zero attached hydrogens (tertiary/aromatic N) is 2. The van der Waals surface area contributed by atoms with Crippen LogP contribution in [0, 0.1) is 11.3 Å². The number of nitrogens with one attached hydrogen (secondary N) is 1. The van der Waals surface area contributed by atoms with Crippen LogP contribution in [0.1, 0.15) is 0 Å². The second kappa shape index (κ2) is 6.38. The van der Waals surface area contributed by atoms with E-state index >= 15 is 0 Å². The minimum Gasteiger partial charge on any atom is -0.352 e. The summed E-state index contributed by atoms with van der Waals surface area (Å²) in [6.07, 6.45) is 1.61. The molecule has 0 aliphatic rings. The molecule has 1 N–H and O–H groups in total. The van der Waals surface area contributed by atoms with Crippen LogP contribution < -0.4 is 5.32 Å². The Hall–Kier alpha value is -1.34. The van der Waals surface area contributed by atoms with E-state index in [2.05, 4.69) is 11.9 Å².